The minimum atomic E-state index is -0.624. The first-order valence-electron chi connectivity index (χ1n) is 6.95. The number of ether oxygens (including phenoxy) is 1. The van der Waals surface area contributed by atoms with Gasteiger partial charge in [0.25, 0.3) is 0 Å². The molecule has 1 atom stereocenters. The highest BCUT2D eigenvalue weighted by molar-refractivity contribution is 6.42. The lowest BCUT2D eigenvalue weighted by molar-refractivity contribution is 0.178. The lowest BCUT2D eigenvalue weighted by Gasteiger charge is -2.13. The first kappa shape index (κ1) is 16.2. The molecular formula is C17H18Cl2O2. The Hall–Kier alpha value is -1.22. The molecule has 0 saturated carbocycles. The molecule has 2 aromatic rings. The fourth-order valence-electron chi connectivity index (χ4n) is 2.04. The van der Waals surface area contributed by atoms with Crippen LogP contribution < -0.4 is 4.74 Å². The second-order valence-corrected chi connectivity index (χ2v) is 5.64. The van der Waals surface area contributed by atoms with Crippen LogP contribution >= 0.6 is 23.2 Å². The van der Waals surface area contributed by atoms with Gasteiger partial charge in [0, 0.05) is 6.42 Å². The van der Waals surface area contributed by atoms with Gasteiger partial charge in [-0.15, -0.1) is 0 Å². The Kier molecular flexibility index (Phi) is 5.92. The maximum absolute atomic E-state index is 10.3. The number of aliphatic hydroxyl groups excluding tert-OH is 1. The van der Waals surface area contributed by atoms with Crippen molar-refractivity contribution in [1.29, 1.82) is 0 Å². The summed E-state index contributed by atoms with van der Waals surface area (Å²) in [7, 11) is 0. The second kappa shape index (κ2) is 7.69. The quantitative estimate of drug-likeness (QED) is 0.804. The van der Waals surface area contributed by atoms with Crippen LogP contribution in [0.4, 0.5) is 0 Å². The molecule has 0 aliphatic rings. The predicted octanol–water partition coefficient (Wildman–Crippen LogP) is 5.06. The third-order valence-corrected chi connectivity index (χ3v) is 4.04. The van der Waals surface area contributed by atoms with Gasteiger partial charge >= 0.3 is 0 Å². The summed E-state index contributed by atoms with van der Waals surface area (Å²) in [4.78, 5) is 0. The Morgan fingerprint density at radius 2 is 1.81 bits per heavy atom. The van der Waals surface area contributed by atoms with Crippen LogP contribution in [0.5, 0.6) is 5.75 Å². The summed E-state index contributed by atoms with van der Waals surface area (Å²) in [5.41, 5.74) is 1.66. The average Bonchev–Trinajstić information content (AvgIpc) is 2.50. The van der Waals surface area contributed by atoms with Crippen LogP contribution in [0.1, 0.15) is 30.6 Å². The number of hydrogen-bond acceptors (Lipinski definition) is 2. The lowest BCUT2D eigenvalue weighted by Crippen LogP contribution is -2.03. The van der Waals surface area contributed by atoms with Gasteiger partial charge in [-0.05, 0) is 35.7 Å². The molecule has 0 spiro atoms. The molecule has 2 rings (SSSR count). The van der Waals surface area contributed by atoms with Gasteiger partial charge in [-0.25, -0.2) is 0 Å². The molecule has 1 N–H and O–H groups in total. The summed E-state index contributed by atoms with van der Waals surface area (Å²) in [5, 5.41) is 11.3. The molecule has 0 aromatic heterocycles. The number of hydrogen-bond donors (Lipinski definition) is 1. The van der Waals surface area contributed by atoms with E-state index < -0.39 is 6.10 Å². The zero-order valence-electron chi connectivity index (χ0n) is 11.9. The molecule has 0 fully saturated rings. The third kappa shape index (κ3) is 4.37. The smallest absolute Gasteiger partial charge is 0.119 e. The van der Waals surface area contributed by atoms with E-state index in [1.807, 2.05) is 36.4 Å². The Labute approximate surface area is 135 Å². The van der Waals surface area contributed by atoms with E-state index >= 15 is 0 Å². The number of rotatable bonds is 6. The van der Waals surface area contributed by atoms with Crippen molar-refractivity contribution in [2.45, 2.75) is 25.9 Å². The van der Waals surface area contributed by atoms with E-state index in [0.717, 1.165) is 23.3 Å². The predicted molar refractivity (Wildman–Crippen MR) is 87.4 cm³/mol. The highest BCUT2D eigenvalue weighted by atomic mass is 35.5. The Balaban J connectivity index is 2.06. The molecule has 0 heterocycles. The van der Waals surface area contributed by atoms with E-state index in [9.17, 15) is 5.11 Å². The van der Waals surface area contributed by atoms with Gasteiger partial charge in [-0.3, -0.25) is 0 Å². The van der Waals surface area contributed by atoms with E-state index in [1.165, 1.54) is 0 Å². The summed E-state index contributed by atoms with van der Waals surface area (Å²) in [6, 6.07) is 12.9. The monoisotopic (exact) mass is 324 g/mol. The molecule has 0 saturated heterocycles. The van der Waals surface area contributed by atoms with Crippen molar-refractivity contribution >= 4 is 23.2 Å². The number of benzene rings is 2. The van der Waals surface area contributed by atoms with Crippen LogP contribution in [0.3, 0.4) is 0 Å². The fourth-order valence-corrected chi connectivity index (χ4v) is 2.44. The molecule has 112 valence electrons. The average molecular weight is 325 g/mol. The minimum absolute atomic E-state index is 0.425. The molecule has 4 heteroatoms. The summed E-state index contributed by atoms with van der Waals surface area (Å²) in [6.07, 6.45) is 0.771. The van der Waals surface area contributed by atoms with Crippen LogP contribution in [-0.2, 0) is 6.42 Å². The van der Waals surface area contributed by atoms with Gasteiger partial charge in [-0.2, -0.15) is 0 Å². The molecule has 0 aliphatic carbocycles. The first-order chi connectivity index (χ1) is 10.1. The maximum atomic E-state index is 10.3. The molecule has 0 aliphatic heterocycles. The van der Waals surface area contributed by atoms with E-state index in [-0.39, 0.29) is 0 Å². The van der Waals surface area contributed by atoms with Crippen molar-refractivity contribution in [3.8, 4) is 5.75 Å². The highest BCUT2D eigenvalue weighted by Crippen LogP contribution is 2.29. The SMILES string of the molecule is CCCOc1ccc(C(O)Cc2cccc(Cl)c2Cl)cc1. The topological polar surface area (TPSA) is 29.5 Å². The summed E-state index contributed by atoms with van der Waals surface area (Å²) in [5.74, 6) is 0.814. The molecule has 0 amide bonds. The van der Waals surface area contributed by atoms with E-state index in [0.29, 0.717) is 23.1 Å². The minimum Gasteiger partial charge on any atom is -0.494 e. The van der Waals surface area contributed by atoms with Crippen LogP contribution in [-0.4, -0.2) is 11.7 Å². The maximum Gasteiger partial charge on any atom is 0.119 e. The zero-order chi connectivity index (χ0) is 15.2. The zero-order valence-corrected chi connectivity index (χ0v) is 13.4. The Morgan fingerprint density at radius 1 is 1.10 bits per heavy atom. The van der Waals surface area contributed by atoms with Gasteiger partial charge in [0.1, 0.15) is 5.75 Å². The van der Waals surface area contributed by atoms with Crippen molar-refractivity contribution in [1.82, 2.24) is 0 Å². The first-order valence-corrected chi connectivity index (χ1v) is 7.71. The molecular weight excluding hydrogens is 307 g/mol. The summed E-state index contributed by atoms with van der Waals surface area (Å²) >= 11 is 12.1. The molecule has 0 radical (unpaired) electrons. The van der Waals surface area contributed by atoms with E-state index in [2.05, 4.69) is 6.92 Å². The van der Waals surface area contributed by atoms with Crippen molar-refractivity contribution < 1.29 is 9.84 Å². The summed E-state index contributed by atoms with van der Waals surface area (Å²) in [6.45, 7) is 2.76. The molecule has 21 heavy (non-hydrogen) atoms. The second-order valence-electron chi connectivity index (χ2n) is 4.85. The van der Waals surface area contributed by atoms with Gasteiger partial charge < -0.3 is 9.84 Å². The van der Waals surface area contributed by atoms with Gasteiger partial charge in [0.05, 0.1) is 22.8 Å². The van der Waals surface area contributed by atoms with Crippen LogP contribution in [0, 0.1) is 0 Å². The normalized spacial score (nSPS) is 12.2. The van der Waals surface area contributed by atoms with Crippen LogP contribution in [0.2, 0.25) is 10.0 Å². The number of halogens is 2. The summed E-state index contributed by atoms with van der Waals surface area (Å²) < 4.78 is 5.52. The molecule has 1 unspecified atom stereocenters. The van der Waals surface area contributed by atoms with Crippen LogP contribution in [0.15, 0.2) is 42.5 Å². The van der Waals surface area contributed by atoms with E-state index in [1.54, 1.807) is 6.07 Å². The Bertz CT molecular complexity index is 582. The van der Waals surface area contributed by atoms with Crippen molar-refractivity contribution in [3.05, 3.63) is 63.6 Å². The van der Waals surface area contributed by atoms with Crippen molar-refractivity contribution in [3.63, 3.8) is 0 Å². The highest BCUT2D eigenvalue weighted by Gasteiger charge is 2.12. The lowest BCUT2D eigenvalue weighted by atomic mass is 10.0. The van der Waals surface area contributed by atoms with Gasteiger partial charge in [-0.1, -0.05) is 54.4 Å². The van der Waals surface area contributed by atoms with Crippen molar-refractivity contribution in [2.24, 2.45) is 0 Å². The Morgan fingerprint density at radius 3 is 2.48 bits per heavy atom. The van der Waals surface area contributed by atoms with Gasteiger partial charge in [0.2, 0.25) is 0 Å². The number of aliphatic hydroxyl groups is 1. The molecule has 0 bridgehead atoms. The van der Waals surface area contributed by atoms with E-state index in [4.69, 9.17) is 27.9 Å². The standard InChI is InChI=1S/C17H18Cl2O2/c1-2-10-21-14-8-6-12(7-9-14)16(20)11-13-4-3-5-15(18)17(13)19/h3-9,16,20H,2,10-11H2,1H3. The third-order valence-electron chi connectivity index (χ3n) is 3.18. The molecule has 2 aromatic carbocycles. The molecule has 2 nitrogen and oxygen atoms in total. The fraction of sp³-hybridized carbons (Fsp3) is 0.294. The van der Waals surface area contributed by atoms with Crippen LogP contribution in [0.25, 0.3) is 0 Å². The van der Waals surface area contributed by atoms with Crippen molar-refractivity contribution in [2.75, 3.05) is 6.61 Å². The van der Waals surface area contributed by atoms with Gasteiger partial charge in [0.15, 0.2) is 0 Å². The largest absolute Gasteiger partial charge is 0.494 e.